The van der Waals surface area contributed by atoms with E-state index in [0.29, 0.717) is 16.9 Å². The molecule has 0 aliphatic rings. The largest absolute Gasteiger partial charge is 0.477 e. The van der Waals surface area contributed by atoms with E-state index in [1.807, 2.05) is 6.07 Å². The number of nitrogens with zero attached hydrogens (tertiary/aromatic N) is 4. The van der Waals surface area contributed by atoms with Gasteiger partial charge in [-0.25, -0.2) is 9.48 Å². The fourth-order valence-electron chi connectivity index (χ4n) is 2.09. The number of nitriles is 1. The van der Waals surface area contributed by atoms with E-state index in [1.165, 1.54) is 10.7 Å². The van der Waals surface area contributed by atoms with Gasteiger partial charge in [0.1, 0.15) is 0 Å². The first-order valence-electron chi connectivity index (χ1n) is 6.43. The van der Waals surface area contributed by atoms with Crippen molar-refractivity contribution in [1.82, 2.24) is 14.8 Å². The zero-order chi connectivity index (χ0) is 15.5. The van der Waals surface area contributed by atoms with E-state index >= 15 is 0 Å². The standard InChI is InChI=1S/C16H10N4O2/c17-9-11-3-1-5-13(7-11)20-15(16(21)22)8-14(19-20)12-4-2-6-18-10-12/h1-8,10H,(H,21,22). The number of aromatic carboxylic acids is 1. The number of rotatable bonds is 3. The van der Waals surface area contributed by atoms with E-state index in [1.54, 1.807) is 48.8 Å². The van der Waals surface area contributed by atoms with Crippen molar-refractivity contribution in [3.8, 4) is 23.0 Å². The molecule has 0 bridgehead atoms. The number of aromatic nitrogens is 3. The highest BCUT2D eigenvalue weighted by Crippen LogP contribution is 2.21. The Morgan fingerprint density at radius 2 is 2.09 bits per heavy atom. The van der Waals surface area contributed by atoms with Crippen LogP contribution in [-0.2, 0) is 0 Å². The summed E-state index contributed by atoms with van der Waals surface area (Å²) < 4.78 is 1.31. The Labute approximate surface area is 125 Å². The number of hydrogen-bond donors (Lipinski definition) is 1. The molecule has 106 valence electrons. The van der Waals surface area contributed by atoms with E-state index in [4.69, 9.17) is 5.26 Å². The van der Waals surface area contributed by atoms with E-state index in [9.17, 15) is 9.90 Å². The van der Waals surface area contributed by atoms with Gasteiger partial charge in [-0.2, -0.15) is 10.4 Å². The lowest BCUT2D eigenvalue weighted by atomic mass is 10.2. The van der Waals surface area contributed by atoms with Gasteiger partial charge in [-0.05, 0) is 36.4 Å². The Balaban J connectivity index is 2.16. The minimum Gasteiger partial charge on any atom is -0.477 e. The van der Waals surface area contributed by atoms with Crippen LogP contribution in [-0.4, -0.2) is 25.8 Å². The Morgan fingerprint density at radius 1 is 1.23 bits per heavy atom. The highest BCUT2D eigenvalue weighted by molar-refractivity contribution is 5.88. The second-order valence-corrected chi connectivity index (χ2v) is 4.54. The highest BCUT2D eigenvalue weighted by atomic mass is 16.4. The van der Waals surface area contributed by atoms with Gasteiger partial charge in [-0.1, -0.05) is 6.07 Å². The fourth-order valence-corrected chi connectivity index (χ4v) is 2.09. The predicted molar refractivity (Wildman–Crippen MR) is 78.5 cm³/mol. The van der Waals surface area contributed by atoms with Gasteiger partial charge in [0.2, 0.25) is 0 Å². The molecule has 0 aliphatic carbocycles. The topological polar surface area (TPSA) is 91.8 Å². The molecule has 22 heavy (non-hydrogen) atoms. The van der Waals surface area contributed by atoms with Crippen LogP contribution in [0.2, 0.25) is 0 Å². The van der Waals surface area contributed by atoms with E-state index in [0.717, 1.165) is 5.56 Å². The van der Waals surface area contributed by atoms with Gasteiger partial charge >= 0.3 is 5.97 Å². The molecule has 0 saturated heterocycles. The highest BCUT2D eigenvalue weighted by Gasteiger charge is 2.17. The number of pyridine rings is 1. The van der Waals surface area contributed by atoms with E-state index in [2.05, 4.69) is 10.1 Å². The minimum atomic E-state index is -1.09. The zero-order valence-electron chi connectivity index (χ0n) is 11.3. The van der Waals surface area contributed by atoms with Crippen LogP contribution in [0, 0.1) is 11.3 Å². The normalized spacial score (nSPS) is 10.1. The molecule has 3 rings (SSSR count). The summed E-state index contributed by atoms with van der Waals surface area (Å²) in [7, 11) is 0. The Morgan fingerprint density at radius 3 is 2.77 bits per heavy atom. The summed E-state index contributed by atoms with van der Waals surface area (Å²) in [6, 6.07) is 13.7. The summed E-state index contributed by atoms with van der Waals surface area (Å²) in [4.78, 5) is 15.5. The van der Waals surface area contributed by atoms with Gasteiger partial charge in [0.15, 0.2) is 5.69 Å². The van der Waals surface area contributed by atoms with Crippen molar-refractivity contribution in [2.24, 2.45) is 0 Å². The minimum absolute atomic E-state index is 0.0222. The van der Waals surface area contributed by atoms with Gasteiger partial charge < -0.3 is 5.11 Å². The third-order valence-corrected chi connectivity index (χ3v) is 3.11. The van der Waals surface area contributed by atoms with Crippen molar-refractivity contribution < 1.29 is 9.90 Å². The zero-order valence-corrected chi connectivity index (χ0v) is 11.3. The van der Waals surface area contributed by atoms with Crippen molar-refractivity contribution in [2.45, 2.75) is 0 Å². The van der Waals surface area contributed by atoms with Crippen LogP contribution in [0.25, 0.3) is 16.9 Å². The molecular weight excluding hydrogens is 280 g/mol. The number of carboxylic acid groups (broad SMARTS) is 1. The molecule has 6 nitrogen and oxygen atoms in total. The fraction of sp³-hybridized carbons (Fsp3) is 0. The van der Waals surface area contributed by atoms with Crippen LogP contribution >= 0.6 is 0 Å². The lowest BCUT2D eigenvalue weighted by Gasteiger charge is -2.04. The summed E-state index contributed by atoms with van der Waals surface area (Å²) >= 11 is 0. The monoisotopic (exact) mass is 290 g/mol. The van der Waals surface area contributed by atoms with Crippen molar-refractivity contribution in [1.29, 1.82) is 5.26 Å². The van der Waals surface area contributed by atoms with E-state index < -0.39 is 5.97 Å². The molecule has 1 aromatic carbocycles. The maximum absolute atomic E-state index is 11.5. The third-order valence-electron chi connectivity index (χ3n) is 3.11. The first-order chi connectivity index (χ1) is 10.7. The summed E-state index contributed by atoms with van der Waals surface area (Å²) in [6.45, 7) is 0. The molecule has 2 heterocycles. The summed E-state index contributed by atoms with van der Waals surface area (Å²) in [5.74, 6) is -1.09. The maximum Gasteiger partial charge on any atom is 0.354 e. The molecule has 0 spiro atoms. The molecular formula is C16H10N4O2. The van der Waals surface area contributed by atoms with Crippen molar-refractivity contribution in [3.05, 3.63) is 66.1 Å². The summed E-state index contributed by atoms with van der Waals surface area (Å²) in [6.07, 6.45) is 3.25. The van der Waals surface area contributed by atoms with Gasteiger partial charge in [-0.15, -0.1) is 0 Å². The van der Waals surface area contributed by atoms with Gasteiger partial charge in [0, 0.05) is 18.0 Å². The van der Waals surface area contributed by atoms with Crippen molar-refractivity contribution >= 4 is 5.97 Å². The molecule has 6 heteroatoms. The van der Waals surface area contributed by atoms with Crippen molar-refractivity contribution in [2.75, 3.05) is 0 Å². The first kappa shape index (κ1) is 13.5. The van der Waals surface area contributed by atoms with Crippen LogP contribution in [0.3, 0.4) is 0 Å². The lowest BCUT2D eigenvalue weighted by Crippen LogP contribution is -2.07. The molecule has 3 aromatic rings. The average molecular weight is 290 g/mol. The Hall–Kier alpha value is -3.46. The van der Waals surface area contributed by atoms with Crippen LogP contribution in [0.15, 0.2) is 54.9 Å². The predicted octanol–water partition coefficient (Wildman–Crippen LogP) is 2.50. The number of carboxylic acids is 1. The molecule has 2 aromatic heterocycles. The van der Waals surface area contributed by atoms with Crippen LogP contribution in [0.5, 0.6) is 0 Å². The molecule has 0 unspecified atom stereocenters. The smallest absolute Gasteiger partial charge is 0.354 e. The second-order valence-electron chi connectivity index (χ2n) is 4.54. The maximum atomic E-state index is 11.5. The van der Waals surface area contributed by atoms with E-state index in [-0.39, 0.29) is 5.69 Å². The van der Waals surface area contributed by atoms with Gasteiger partial charge in [-0.3, -0.25) is 4.98 Å². The summed E-state index contributed by atoms with van der Waals surface area (Å²) in [5, 5.41) is 22.7. The molecule has 0 fully saturated rings. The molecule has 0 radical (unpaired) electrons. The van der Waals surface area contributed by atoms with Crippen LogP contribution < -0.4 is 0 Å². The number of carbonyl (C=O) groups is 1. The average Bonchev–Trinajstić information content (AvgIpc) is 3.01. The molecule has 0 amide bonds. The van der Waals surface area contributed by atoms with Crippen LogP contribution in [0.1, 0.15) is 16.1 Å². The molecule has 0 atom stereocenters. The number of hydrogen-bond acceptors (Lipinski definition) is 4. The SMILES string of the molecule is N#Cc1cccc(-n2nc(-c3cccnc3)cc2C(=O)O)c1. The molecule has 0 saturated carbocycles. The van der Waals surface area contributed by atoms with Crippen LogP contribution in [0.4, 0.5) is 0 Å². The van der Waals surface area contributed by atoms with Gasteiger partial charge in [0.25, 0.3) is 0 Å². The quantitative estimate of drug-likeness (QED) is 0.800. The first-order valence-corrected chi connectivity index (χ1v) is 6.43. The molecule has 0 aliphatic heterocycles. The summed E-state index contributed by atoms with van der Waals surface area (Å²) in [5.41, 5.74) is 2.21. The molecule has 1 N–H and O–H groups in total. The number of benzene rings is 1. The lowest BCUT2D eigenvalue weighted by molar-refractivity contribution is 0.0687. The second kappa shape index (κ2) is 5.50. The van der Waals surface area contributed by atoms with Crippen molar-refractivity contribution in [3.63, 3.8) is 0 Å². The Kier molecular flexibility index (Phi) is 3.38. The third kappa shape index (κ3) is 2.43. The Bertz CT molecular complexity index is 879. The van der Waals surface area contributed by atoms with Gasteiger partial charge in [0.05, 0.1) is 23.0 Å².